The zero-order chi connectivity index (χ0) is 21.6. The molecule has 1 aliphatic heterocycles. The van der Waals surface area contributed by atoms with E-state index in [9.17, 15) is 9.59 Å². The Balaban J connectivity index is 1.79. The SMILES string of the molecule is C=CCn1c(-c2cc(C)oc2C)cn2cc(C(=O)N3CCC(N(C)C)C3)nc2c1=O. The van der Waals surface area contributed by atoms with Crippen molar-refractivity contribution in [1.29, 1.82) is 0 Å². The van der Waals surface area contributed by atoms with Gasteiger partial charge in [-0.1, -0.05) is 6.08 Å². The summed E-state index contributed by atoms with van der Waals surface area (Å²) < 4.78 is 8.92. The predicted octanol–water partition coefficient (Wildman–Crippen LogP) is 2.33. The minimum absolute atomic E-state index is 0.144. The number of imidazole rings is 1. The van der Waals surface area contributed by atoms with E-state index < -0.39 is 0 Å². The number of nitrogens with zero attached hydrogens (tertiary/aromatic N) is 5. The number of likely N-dealkylation sites (N-methyl/N-ethyl adjacent to an activating group) is 1. The fourth-order valence-corrected chi connectivity index (χ4v) is 4.11. The van der Waals surface area contributed by atoms with Gasteiger partial charge < -0.3 is 14.2 Å². The number of hydrogen-bond acceptors (Lipinski definition) is 5. The second kappa shape index (κ2) is 7.60. The van der Waals surface area contributed by atoms with Crippen LogP contribution in [0.5, 0.6) is 0 Å². The first-order valence-corrected chi connectivity index (χ1v) is 10.1. The van der Waals surface area contributed by atoms with Crippen LogP contribution in [0.25, 0.3) is 16.9 Å². The number of aromatic nitrogens is 3. The Morgan fingerprint density at radius 1 is 1.37 bits per heavy atom. The van der Waals surface area contributed by atoms with Crippen LogP contribution in [0, 0.1) is 13.8 Å². The van der Waals surface area contributed by atoms with E-state index in [2.05, 4.69) is 16.5 Å². The molecule has 30 heavy (non-hydrogen) atoms. The molecule has 0 spiro atoms. The van der Waals surface area contributed by atoms with Gasteiger partial charge in [0, 0.05) is 43.6 Å². The van der Waals surface area contributed by atoms with Crippen molar-refractivity contribution in [3.63, 3.8) is 0 Å². The number of aryl methyl sites for hydroxylation is 2. The summed E-state index contributed by atoms with van der Waals surface area (Å²) in [6.45, 7) is 9.20. The molecule has 0 radical (unpaired) electrons. The number of carbonyl (C=O) groups is 1. The molecule has 1 aliphatic rings. The number of allylic oxidation sites excluding steroid dienone is 1. The highest BCUT2D eigenvalue weighted by Gasteiger charge is 2.29. The van der Waals surface area contributed by atoms with E-state index in [0.29, 0.717) is 31.4 Å². The highest BCUT2D eigenvalue weighted by molar-refractivity contribution is 5.93. The maximum atomic E-state index is 13.2. The second-order valence-electron chi connectivity index (χ2n) is 8.06. The molecule has 8 nitrogen and oxygen atoms in total. The first-order chi connectivity index (χ1) is 14.3. The Labute approximate surface area is 175 Å². The third-order valence-electron chi connectivity index (χ3n) is 5.75. The van der Waals surface area contributed by atoms with E-state index in [1.54, 1.807) is 26.1 Å². The van der Waals surface area contributed by atoms with Gasteiger partial charge in [0.2, 0.25) is 5.65 Å². The summed E-state index contributed by atoms with van der Waals surface area (Å²) in [5.74, 6) is 1.35. The minimum Gasteiger partial charge on any atom is -0.466 e. The van der Waals surface area contributed by atoms with Crippen LogP contribution in [-0.4, -0.2) is 62.9 Å². The molecule has 1 fully saturated rings. The van der Waals surface area contributed by atoms with E-state index in [1.807, 2.05) is 40.2 Å². The normalized spacial score (nSPS) is 16.7. The Kier molecular flexibility index (Phi) is 5.11. The van der Waals surface area contributed by atoms with Gasteiger partial charge in [-0.15, -0.1) is 6.58 Å². The van der Waals surface area contributed by atoms with Crippen LogP contribution in [0.1, 0.15) is 28.4 Å². The molecule has 1 saturated heterocycles. The fourth-order valence-electron chi connectivity index (χ4n) is 4.11. The van der Waals surface area contributed by atoms with E-state index in [4.69, 9.17) is 4.42 Å². The summed E-state index contributed by atoms with van der Waals surface area (Å²) in [7, 11) is 4.04. The van der Waals surface area contributed by atoms with E-state index in [0.717, 1.165) is 23.5 Å². The van der Waals surface area contributed by atoms with Crippen LogP contribution in [0.2, 0.25) is 0 Å². The Morgan fingerprint density at radius 3 is 2.73 bits per heavy atom. The first-order valence-electron chi connectivity index (χ1n) is 10.1. The molecule has 158 valence electrons. The smallest absolute Gasteiger partial charge is 0.295 e. The zero-order valence-electron chi connectivity index (χ0n) is 17.9. The van der Waals surface area contributed by atoms with E-state index >= 15 is 0 Å². The first kappa shape index (κ1) is 20.2. The number of fused-ring (bicyclic) bond motifs is 1. The van der Waals surface area contributed by atoms with Gasteiger partial charge in [-0.2, -0.15) is 0 Å². The van der Waals surface area contributed by atoms with Gasteiger partial charge >= 0.3 is 0 Å². The van der Waals surface area contributed by atoms with Crippen molar-refractivity contribution in [1.82, 2.24) is 23.8 Å². The van der Waals surface area contributed by atoms with Crippen molar-refractivity contribution in [2.24, 2.45) is 0 Å². The van der Waals surface area contributed by atoms with Gasteiger partial charge in [-0.25, -0.2) is 4.98 Å². The Hall–Kier alpha value is -3.13. The molecule has 3 aromatic rings. The van der Waals surface area contributed by atoms with Crippen molar-refractivity contribution in [3.05, 3.63) is 58.7 Å². The summed E-state index contributed by atoms with van der Waals surface area (Å²) >= 11 is 0. The summed E-state index contributed by atoms with van der Waals surface area (Å²) in [6, 6.07) is 2.25. The predicted molar refractivity (Wildman–Crippen MR) is 115 cm³/mol. The Bertz CT molecular complexity index is 1180. The third-order valence-corrected chi connectivity index (χ3v) is 5.75. The van der Waals surface area contributed by atoms with Gasteiger partial charge in [0.15, 0.2) is 0 Å². The lowest BCUT2D eigenvalue weighted by Gasteiger charge is -2.19. The topological polar surface area (TPSA) is 76.0 Å². The van der Waals surface area contributed by atoms with Crippen molar-refractivity contribution >= 4 is 11.6 Å². The molecule has 0 aliphatic carbocycles. The summed E-state index contributed by atoms with van der Waals surface area (Å²) in [4.78, 5) is 34.5. The van der Waals surface area contributed by atoms with Crippen LogP contribution in [0.15, 0.2) is 40.3 Å². The standard InChI is InChI=1S/C22H27N5O3/c1-6-8-27-19(17-10-14(2)30-15(17)3)13-26-12-18(23-20(26)22(27)29)21(28)25-9-7-16(11-25)24(4)5/h6,10,12-13,16H,1,7-9,11H2,2-5H3. The summed E-state index contributed by atoms with van der Waals surface area (Å²) in [5, 5.41) is 0. The number of rotatable bonds is 5. The van der Waals surface area contributed by atoms with Crippen LogP contribution >= 0.6 is 0 Å². The van der Waals surface area contributed by atoms with Gasteiger partial charge in [-0.3, -0.25) is 18.6 Å². The Morgan fingerprint density at radius 2 is 2.13 bits per heavy atom. The molecule has 0 aromatic carbocycles. The van der Waals surface area contributed by atoms with Gasteiger partial charge in [0.25, 0.3) is 11.5 Å². The van der Waals surface area contributed by atoms with Crippen LogP contribution in [-0.2, 0) is 6.54 Å². The number of amides is 1. The van der Waals surface area contributed by atoms with Gasteiger partial charge in [0.1, 0.15) is 17.2 Å². The minimum atomic E-state index is -0.266. The molecule has 1 unspecified atom stereocenters. The number of hydrogen-bond donors (Lipinski definition) is 0. The molecule has 8 heteroatoms. The average Bonchev–Trinajstić information content (AvgIpc) is 3.41. The molecular weight excluding hydrogens is 382 g/mol. The molecule has 0 bridgehead atoms. The number of carbonyl (C=O) groups excluding carboxylic acids is 1. The maximum absolute atomic E-state index is 13.2. The lowest BCUT2D eigenvalue weighted by Crippen LogP contribution is -2.34. The van der Waals surface area contributed by atoms with Crippen molar-refractivity contribution in [2.45, 2.75) is 32.9 Å². The van der Waals surface area contributed by atoms with Crippen molar-refractivity contribution in [3.8, 4) is 11.3 Å². The molecule has 4 heterocycles. The average molecular weight is 409 g/mol. The highest BCUT2D eigenvalue weighted by atomic mass is 16.3. The number of likely N-dealkylation sites (tertiary alicyclic amines) is 1. The lowest BCUT2D eigenvalue weighted by molar-refractivity contribution is 0.0778. The third kappa shape index (κ3) is 3.37. The lowest BCUT2D eigenvalue weighted by atomic mass is 10.2. The zero-order valence-corrected chi connectivity index (χ0v) is 17.9. The fraction of sp³-hybridized carbons (Fsp3) is 0.409. The van der Waals surface area contributed by atoms with Crippen molar-refractivity contribution in [2.75, 3.05) is 27.2 Å². The monoisotopic (exact) mass is 409 g/mol. The van der Waals surface area contributed by atoms with E-state index in [1.165, 1.54) is 0 Å². The maximum Gasteiger partial charge on any atom is 0.295 e. The van der Waals surface area contributed by atoms with Gasteiger partial charge in [0.05, 0.1) is 5.69 Å². The highest BCUT2D eigenvalue weighted by Crippen LogP contribution is 2.26. The molecule has 3 aromatic heterocycles. The second-order valence-corrected chi connectivity index (χ2v) is 8.06. The van der Waals surface area contributed by atoms with E-state index in [-0.39, 0.29) is 22.8 Å². The molecular formula is C22H27N5O3. The summed E-state index contributed by atoms with van der Waals surface area (Å²) in [6.07, 6.45) is 6.08. The molecule has 0 N–H and O–H groups in total. The largest absolute Gasteiger partial charge is 0.466 e. The number of furan rings is 1. The summed E-state index contributed by atoms with van der Waals surface area (Å²) in [5.41, 5.74) is 1.78. The quantitative estimate of drug-likeness (QED) is 0.605. The molecule has 4 rings (SSSR count). The molecule has 1 amide bonds. The van der Waals surface area contributed by atoms with Gasteiger partial charge in [-0.05, 0) is 40.4 Å². The molecule has 0 saturated carbocycles. The van der Waals surface area contributed by atoms with Crippen LogP contribution < -0.4 is 5.56 Å². The van der Waals surface area contributed by atoms with Crippen molar-refractivity contribution < 1.29 is 9.21 Å². The molecule has 1 atom stereocenters. The van der Waals surface area contributed by atoms with Crippen LogP contribution in [0.3, 0.4) is 0 Å². The van der Waals surface area contributed by atoms with Crippen LogP contribution in [0.4, 0.5) is 0 Å².